The molecule has 1 atom stereocenters. The van der Waals surface area contributed by atoms with Crippen LogP contribution in [0, 0.1) is 12.7 Å². The molecule has 0 bridgehead atoms. The monoisotopic (exact) mass is 613 g/mol. The maximum atomic E-state index is 14.2. The van der Waals surface area contributed by atoms with E-state index in [1.54, 1.807) is 43.3 Å². The van der Waals surface area contributed by atoms with Gasteiger partial charge in [-0.1, -0.05) is 68.1 Å². The third-order valence-electron chi connectivity index (χ3n) is 7.67. The lowest BCUT2D eigenvalue weighted by atomic mass is 9.95. The van der Waals surface area contributed by atoms with Gasteiger partial charge in [0, 0.05) is 17.6 Å². The summed E-state index contributed by atoms with van der Waals surface area (Å²) in [7, 11) is -4.20. The Bertz CT molecular complexity index is 1480. The van der Waals surface area contributed by atoms with Gasteiger partial charge in [-0.05, 0) is 79.8 Å². The third kappa shape index (κ3) is 7.69. The minimum atomic E-state index is -4.20. The van der Waals surface area contributed by atoms with Gasteiger partial charge in [-0.2, -0.15) is 0 Å². The molecule has 1 fully saturated rings. The van der Waals surface area contributed by atoms with Crippen molar-refractivity contribution in [2.75, 3.05) is 10.8 Å². The lowest BCUT2D eigenvalue weighted by Gasteiger charge is -2.34. The number of hydrogen-bond acceptors (Lipinski definition) is 4. The van der Waals surface area contributed by atoms with E-state index in [2.05, 4.69) is 5.32 Å². The van der Waals surface area contributed by atoms with E-state index in [1.807, 2.05) is 6.92 Å². The molecule has 0 spiro atoms. The maximum absolute atomic E-state index is 14.2. The predicted octanol–water partition coefficient (Wildman–Crippen LogP) is 6.24. The van der Waals surface area contributed by atoms with Crippen LogP contribution in [0.5, 0.6) is 0 Å². The summed E-state index contributed by atoms with van der Waals surface area (Å²) in [6, 6.07) is 17.6. The van der Waals surface area contributed by atoms with Crippen molar-refractivity contribution in [1.82, 2.24) is 10.2 Å². The van der Waals surface area contributed by atoms with Crippen LogP contribution in [0.1, 0.15) is 56.6 Å². The van der Waals surface area contributed by atoms with Gasteiger partial charge in [0.1, 0.15) is 18.4 Å². The molecule has 7 nitrogen and oxygen atoms in total. The van der Waals surface area contributed by atoms with Crippen LogP contribution in [-0.2, 0) is 26.2 Å². The van der Waals surface area contributed by atoms with Crippen molar-refractivity contribution in [2.45, 2.75) is 75.9 Å². The Labute approximate surface area is 252 Å². The zero-order valence-corrected chi connectivity index (χ0v) is 25.5. The number of nitrogens with one attached hydrogen (secondary N) is 1. The van der Waals surface area contributed by atoms with E-state index >= 15 is 0 Å². The van der Waals surface area contributed by atoms with E-state index in [9.17, 15) is 22.4 Å². The Morgan fingerprint density at radius 1 is 0.976 bits per heavy atom. The molecule has 1 saturated carbocycles. The van der Waals surface area contributed by atoms with Crippen molar-refractivity contribution < 1.29 is 22.4 Å². The predicted molar refractivity (Wildman–Crippen MR) is 163 cm³/mol. The second kappa shape index (κ2) is 14.2. The smallest absolute Gasteiger partial charge is 0.264 e. The molecule has 10 heteroatoms. The number of para-hydroxylation sites is 1. The highest BCUT2D eigenvalue weighted by Gasteiger charge is 2.34. The molecule has 0 saturated heterocycles. The second-order valence-electron chi connectivity index (χ2n) is 10.7. The molecular weight excluding hydrogens is 577 g/mol. The number of rotatable bonds is 11. The van der Waals surface area contributed by atoms with Gasteiger partial charge in [0.15, 0.2) is 0 Å². The number of carbonyl (C=O) groups is 2. The van der Waals surface area contributed by atoms with E-state index in [0.29, 0.717) is 28.3 Å². The van der Waals surface area contributed by atoms with Crippen molar-refractivity contribution in [2.24, 2.45) is 0 Å². The van der Waals surface area contributed by atoms with Gasteiger partial charge in [-0.25, -0.2) is 12.8 Å². The molecule has 0 unspecified atom stereocenters. The first-order chi connectivity index (χ1) is 20.1. The first kappa shape index (κ1) is 31.5. The molecule has 1 aliphatic carbocycles. The molecule has 3 aromatic carbocycles. The molecule has 1 aliphatic rings. The van der Waals surface area contributed by atoms with E-state index < -0.39 is 34.3 Å². The Morgan fingerprint density at radius 3 is 2.24 bits per heavy atom. The standard InChI is InChI=1S/C32H37ClFN3O4S/c1-3-29(32(39)35-27-10-5-4-6-11-27)36(21-24-13-17-26(34)18-14-24)31(38)22-37(30-12-8-7-9-23(30)2)42(40,41)28-19-15-25(33)16-20-28/h7-9,12-20,27,29H,3-6,10-11,21-22H2,1-2H3,(H,35,39)/t29-/m1/s1. The minimum Gasteiger partial charge on any atom is -0.352 e. The summed E-state index contributed by atoms with van der Waals surface area (Å²) >= 11 is 6.02. The van der Waals surface area contributed by atoms with Crippen LogP contribution >= 0.6 is 11.6 Å². The van der Waals surface area contributed by atoms with Crippen LogP contribution < -0.4 is 9.62 Å². The first-order valence-corrected chi connectivity index (χ1v) is 16.1. The molecule has 0 radical (unpaired) electrons. The summed E-state index contributed by atoms with van der Waals surface area (Å²) in [6.07, 6.45) is 5.29. The van der Waals surface area contributed by atoms with E-state index in [4.69, 9.17) is 11.6 Å². The number of hydrogen-bond donors (Lipinski definition) is 1. The van der Waals surface area contributed by atoms with Crippen LogP contribution in [0.4, 0.5) is 10.1 Å². The molecule has 0 heterocycles. The molecule has 0 aliphatic heterocycles. The quantitative estimate of drug-likeness (QED) is 0.277. The van der Waals surface area contributed by atoms with Gasteiger partial charge >= 0.3 is 0 Å². The Balaban J connectivity index is 1.71. The summed E-state index contributed by atoms with van der Waals surface area (Å²) < 4.78 is 42.7. The highest BCUT2D eigenvalue weighted by Crippen LogP contribution is 2.28. The summed E-state index contributed by atoms with van der Waals surface area (Å²) in [5.74, 6) is -1.24. The van der Waals surface area contributed by atoms with Crippen LogP contribution in [0.15, 0.2) is 77.7 Å². The number of anilines is 1. The molecule has 1 N–H and O–H groups in total. The third-order valence-corrected chi connectivity index (χ3v) is 9.69. The lowest BCUT2D eigenvalue weighted by Crippen LogP contribution is -2.54. The van der Waals surface area contributed by atoms with Crippen molar-refractivity contribution in [1.29, 1.82) is 0 Å². The summed E-state index contributed by atoms with van der Waals surface area (Å²) in [4.78, 5) is 29.2. The van der Waals surface area contributed by atoms with Crippen molar-refractivity contribution in [3.8, 4) is 0 Å². The molecule has 2 amide bonds. The molecule has 4 rings (SSSR count). The van der Waals surface area contributed by atoms with Crippen LogP contribution in [0.3, 0.4) is 0 Å². The molecule has 224 valence electrons. The maximum Gasteiger partial charge on any atom is 0.264 e. The molecule has 42 heavy (non-hydrogen) atoms. The molecular formula is C32H37ClFN3O4S. The zero-order chi connectivity index (χ0) is 30.3. The number of carbonyl (C=O) groups excluding carboxylic acids is 2. The van der Waals surface area contributed by atoms with Crippen LogP contribution in [-0.4, -0.2) is 43.8 Å². The van der Waals surface area contributed by atoms with Gasteiger partial charge in [0.05, 0.1) is 10.6 Å². The van der Waals surface area contributed by atoms with Gasteiger partial charge in [0.2, 0.25) is 11.8 Å². The number of benzene rings is 3. The highest BCUT2D eigenvalue weighted by atomic mass is 35.5. The summed E-state index contributed by atoms with van der Waals surface area (Å²) in [6.45, 7) is 3.06. The van der Waals surface area contributed by atoms with Gasteiger partial charge in [-0.3, -0.25) is 13.9 Å². The van der Waals surface area contributed by atoms with Crippen LogP contribution in [0.25, 0.3) is 0 Å². The Kier molecular flexibility index (Phi) is 10.6. The van der Waals surface area contributed by atoms with Crippen LogP contribution in [0.2, 0.25) is 5.02 Å². The average Bonchev–Trinajstić information content (AvgIpc) is 2.98. The number of halogens is 2. The summed E-state index contributed by atoms with van der Waals surface area (Å²) in [5.41, 5.74) is 1.63. The minimum absolute atomic E-state index is 0.0122. The number of nitrogens with zero attached hydrogens (tertiary/aromatic N) is 2. The van der Waals surface area contributed by atoms with Crippen molar-refractivity contribution in [3.05, 3.63) is 94.8 Å². The number of sulfonamides is 1. The normalized spacial score (nSPS) is 14.7. The fourth-order valence-corrected chi connectivity index (χ4v) is 6.95. The number of amides is 2. The van der Waals surface area contributed by atoms with Gasteiger partial charge in [-0.15, -0.1) is 0 Å². The molecule has 3 aromatic rings. The van der Waals surface area contributed by atoms with E-state index in [1.165, 1.54) is 41.3 Å². The van der Waals surface area contributed by atoms with E-state index in [-0.39, 0.29) is 23.4 Å². The fourth-order valence-electron chi connectivity index (χ4n) is 5.34. The van der Waals surface area contributed by atoms with Gasteiger partial charge in [0.25, 0.3) is 10.0 Å². The first-order valence-electron chi connectivity index (χ1n) is 14.3. The fraction of sp³-hybridized carbons (Fsp3) is 0.375. The number of aryl methyl sites for hydroxylation is 1. The zero-order valence-electron chi connectivity index (χ0n) is 23.9. The van der Waals surface area contributed by atoms with Crippen molar-refractivity contribution in [3.63, 3.8) is 0 Å². The Hall–Kier alpha value is -3.43. The average molecular weight is 614 g/mol. The summed E-state index contributed by atoms with van der Waals surface area (Å²) in [5, 5.41) is 3.50. The largest absolute Gasteiger partial charge is 0.352 e. The molecule has 0 aromatic heterocycles. The SMILES string of the molecule is CC[C@H](C(=O)NC1CCCCC1)N(Cc1ccc(F)cc1)C(=O)CN(c1ccccc1C)S(=O)(=O)c1ccc(Cl)cc1. The topological polar surface area (TPSA) is 86.8 Å². The van der Waals surface area contributed by atoms with Gasteiger partial charge < -0.3 is 10.2 Å². The Morgan fingerprint density at radius 2 is 1.62 bits per heavy atom. The van der Waals surface area contributed by atoms with E-state index in [0.717, 1.165) is 36.4 Å². The highest BCUT2D eigenvalue weighted by molar-refractivity contribution is 7.92. The van der Waals surface area contributed by atoms with Crippen molar-refractivity contribution >= 4 is 39.1 Å². The lowest BCUT2D eigenvalue weighted by molar-refractivity contribution is -0.140. The second-order valence-corrected chi connectivity index (χ2v) is 13.0.